The molecule has 1 heterocycles. The van der Waals surface area contributed by atoms with Gasteiger partial charge in [0.05, 0.1) is 6.61 Å². The van der Waals surface area contributed by atoms with Gasteiger partial charge in [0.2, 0.25) is 0 Å². The minimum atomic E-state index is -5.73. The number of halogens is 5. The van der Waals surface area contributed by atoms with Crippen LogP contribution in [0.2, 0.25) is 0 Å². The molecule has 0 bridgehead atoms. The van der Waals surface area contributed by atoms with E-state index in [2.05, 4.69) is 16.1 Å². The standard InChI is InChI=1S/C10H11F5O4/c1-5(2)7(16)19-6-3-4-18-9(17,8(6,11)12)10(13,14)15/h6,17H,1,3-4H2,2H3. The van der Waals surface area contributed by atoms with Crippen molar-refractivity contribution < 1.29 is 41.3 Å². The van der Waals surface area contributed by atoms with Gasteiger partial charge in [-0.1, -0.05) is 6.58 Å². The van der Waals surface area contributed by atoms with Crippen LogP contribution in [0.25, 0.3) is 0 Å². The first-order valence-electron chi connectivity index (χ1n) is 5.11. The van der Waals surface area contributed by atoms with Gasteiger partial charge in [0.15, 0.2) is 6.10 Å². The molecule has 0 saturated carbocycles. The molecule has 1 rings (SSSR count). The highest BCUT2D eigenvalue weighted by atomic mass is 19.4. The van der Waals surface area contributed by atoms with Crippen LogP contribution in [0, 0.1) is 0 Å². The average molecular weight is 290 g/mol. The highest BCUT2D eigenvalue weighted by Crippen LogP contribution is 2.48. The fourth-order valence-electron chi connectivity index (χ4n) is 1.44. The molecule has 0 radical (unpaired) electrons. The Morgan fingerprint density at radius 1 is 1.47 bits per heavy atom. The molecule has 0 amide bonds. The number of carbonyl (C=O) groups is 1. The molecule has 0 aromatic rings. The lowest BCUT2D eigenvalue weighted by Gasteiger charge is -2.43. The van der Waals surface area contributed by atoms with E-state index in [0.29, 0.717) is 0 Å². The molecule has 110 valence electrons. The first-order chi connectivity index (χ1) is 8.43. The molecule has 2 unspecified atom stereocenters. The summed E-state index contributed by atoms with van der Waals surface area (Å²) in [6.07, 6.45) is -8.85. The van der Waals surface area contributed by atoms with Crippen molar-refractivity contribution in [1.29, 1.82) is 0 Å². The molecule has 4 nitrogen and oxygen atoms in total. The van der Waals surface area contributed by atoms with E-state index >= 15 is 0 Å². The zero-order valence-corrected chi connectivity index (χ0v) is 9.76. The van der Waals surface area contributed by atoms with Gasteiger partial charge in [-0.2, -0.15) is 22.0 Å². The molecule has 1 aliphatic rings. The highest BCUT2D eigenvalue weighted by Gasteiger charge is 2.76. The lowest BCUT2D eigenvalue weighted by Crippen LogP contribution is -2.68. The van der Waals surface area contributed by atoms with Crippen molar-refractivity contribution in [3.05, 3.63) is 12.2 Å². The molecule has 1 saturated heterocycles. The highest BCUT2D eigenvalue weighted by molar-refractivity contribution is 5.87. The molecule has 1 aliphatic heterocycles. The predicted octanol–water partition coefficient (Wildman–Crippen LogP) is 1.78. The van der Waals surface area contributed by atoms with E-state index in [9.17, 15) is 26.7 Å². The maximum atomic E-state index is 13.6. The molecule has 0 aromatic heterocycles. The maximum absolute atomic E-state index is 13.6. The van der Waals surface area contributed by atoms with Crippen molar-refractivity contribution in [3.8, 4) is 0 Å². The fraction of sp³-hybridized carbons (Fsp3) is 0.700. The number of carbonyl (C=O) groups excluding carboxylic acids is 1. The Morgan fingerprint density at radius 3 is 2.42 bits per heavy atom. The Balaban J connectivity index is 3.04. The third-order valence-electron chi connectivity index (χ3n) is 2.53. The van der Waals surface area contributed by atoms with Gasteiger partial charge in [-0.3, -0.25) is 0 Å². The number of ether oxygens (including phenoxy) is 2. The molecule has 0 aliphatic carbocycles. The average Bonchev–Trinajstić information content (AvgIpc) is 2.23. The van der Waals surface area contributed by atoms with Gasteiger partial charge in [-0.05, 0) is 6.92 Å². The third kappa shape index (κ3) is 2.57. The van der Waals surface area contributed by atoms with Crippen molar-refractivity contribution in [2.24, 2.45) is 0 Å². The van der Waals surface area contributed by atoms with Crippen molar-refractivity contribution >= 4 is 5.97 Å². The summed E-state index contributed by atoms with van der Waals surface area (Å²) < 4.78 is 72.7. The predicted molar refractivity (Wildman–Crippen MR) is 51.2 cm³/mol. The van der Waals surface area contributed by atoms with Crippen molar-refractivity contribution in [1.82, 2.24) is 0 Å². The molecule has 2 atom stereocenters. The molecular weight excluding hydrogens is 279 g/mol. The number of hydrogen-bond acceptors (Lipinski definition) is 4. The minimum absolute atomic E-state index is 0.252. The number of hydrogen-bond donors (Lipinski definition) is 1. The van der Waals surface area contributed by atoms with Crippen LogP contribution in [0.4, 0.5) is 22.0 Å². The Hall–Kier alpha value is -1.22. The summed E-state index contributed by atoms with van der Waals surface area (Å²) in [6, 6.07) is 0. The second-order valence-corrected chi connectivity index (χ2v) is 4.08. The van der Waals surface area contributed by atoms with Gasteiger partial charge in [0, 0.05) is 12.0 Å². The normalized spacial score (nSPS) is 30.8. The Labute approximate surface area is 104 Å². The summed E-state index contributed by atoms with van der Waals surface area (Å²) in [4.78, 5) is 11.1. The third-order valence-corrected chi connectivity index (χ3v) is 2.53. The van der Waals surface area contributed by atoms with Gasteiger partial charge < -0.3 is 14.6 Å². The van der Waals surface area contributed by atoms with Gasteiger partial charge in [-0.25, -0.2) is 4.79 Å². The molecule has 0 aromatic carbocycles. The summed E-state index contributed by atoms with van der Waals surface area (Å²) in [5.74, 6) is -10.8. The van der Waals surface area contributed by atoms with Gasteiger partial charge in [-0.15, -0.1) is 0 Å². The molecule has 1 N–H and O–H groups in total. The Morgan fingerprint density at radius 2 is 2.00 bits per heavy atom. The van der Waals surface area contributed by atoms with Gasteiger partial charge in [0.25, 0.3) is 0 Å². The van der Waals surface area contributed by atoms with E-state index in [4.69, 9.17) is 5.11 Å². The maximum Gasteiger partial charge on any atom is 0.449 e. The second-order valence-electron chi connectivity index (χ2n) is 4.08. The van der Waals surface area contributed by atoms with Crippen LogP contribution in [0.1, 0.15) is 13.3 Å². The number of alkyl halides is 5. The largest absolute Gasteiger partial charge is 0.452 e. The van der Waals surface area contributed by atoms with Crippen LogP contribution in [-0.2, 0) is 14.3 Å². The molecule has 19 heavy (non-hydrogen) atoms. The Kier molecular flexibility index (Phi) is 3.93. The van der Waals surface area contributed by atoms with Crippen LogP contribution < -0.4 is 0 Å². The lowest BCUT2D eigenvalue weighted by molar-refractivity contribution is -0.455. The topological polar surface area (TPSA) is 55.8 Å². The van der Waals surface area contributed by atoms with Crippen LogP contribution in [-0.4, -0.2) is 41.7 Å². The van der Waals surface area contributed by atoms with E-state index in [1.54, 1.807) is 0 Å². The van der Waals surface area contributed by atoms with E-state index in [0.717, 1.165) is 6.92 Å². The molecule has 9 heteroatoms. The zero-order chi connectivity index (χ0) is 15.1. The minimum Gasteiger partial charge on any atom is -0.452 e. The van der Waals surface area contributed by atoms with E-state index < -0.39 is 43.0 Å². The van der Waals surface area contributed by atoms with E-state index in [1.165, 1.54) is 0 Å². The number of esters is 1. The molecule has 0 spiro atoms. The lowest BCUT2D eigenvalue weighted by atomic mass is 9.96. The zero-order valence-electron chi connectivity index (χ0n) is 9.76. The van der Waals surface area contributed by atoms with Gasteiger partial charge in [0.1, 0.15) is 0 Å². The quantitative estimate of drug-likeness (QED) is 0.478. The summed E-state index contributed by atoms with van der Waals surface area (Å²) in [7, 11) is 0. The SMILES string of the molecule is C=C(C)C(=O)OC1CCOC(O)(C(F)(F)F)C1(F)F. The summed E-state index contributed by atoms with van der Waals surface area (Å²) in [5, 5.41) is 9.05. The first kappa shape index (κ1) is 15.8. The first-order valence-corrected chi connectivity index (χ1v) is 5.11. The van der Waals surface area contributed by atoms with E-state index in [-0.39, 0.29) is 5.57 Å². The summed E-state index contributed by atoms with van der Waals surface area (Å²) in [5.41, 5.74) is -0.252. The molecule has 1 fully saturated rings. The van der Waals surface area contributed by atoms with Crippen LogP contribution >= 0.6 is 0 Å². The van der Waals surface area contributed by atoms with Crippen molar-refractivity contribution in [2.45, 2.75) is 37.3 Å². The van der Waals surface area contributed by atoms with E-state index in [1.807, 2.05) is 0 Å². The second kappa shape index (κ2) is 4.71. The smallest absolute Gasteiger partial charge is 0.449 e. The monoisotopic (exact) mass is 290 g/mol. The summed E-state index contributed by atoms with van der Waals surface area (Å²) >= 11 is 0. The van der Waals surface area contributed by atoms with Crippen LogP contribution in [0.3, 0.4) is 0 Å². The summed E-state index contributed by atoms with van der Waals surface area (Å²) in [6.45, 7) is 3.43. The number of aliphatic hydroxyl groups is 1. The Bertz CT molecular complexity index is 392. The van der Waals surface area contributed by atoms with Crippen molar-refractivity contribution in [3.63, 3.8) is 0 Å². The van der Waals surface area contributed by atoms with Crippen LogP contribution in [0.5, 0.6) is 0 Å². The fourth-order valence-corrected chi connectivity index (χ4v) is 1.44. The number of rotatable bonds is 2. The van der Waals surface area contributed by atoms with Crippen LogP contribution in [0.15, 0.2) is 12.2 Å². The van der Waals surface area contributed by atoms with Gasteiger partial charge >= 0.3 is 23.9 Å². The van der Waals surface area contributed by atoms with Crippen molar-refractivity contribution in [2.75, 3.05) is 6.61 Å². The molecular formula is C10H11F5O4.